The fraction of sp³-hybridized carbons (Fsp3) is 0.571. The van der Waals surface area contributed by atoms with Crippen molar-refractivity contribution in [3.8, 4) is 5.75 Å². The molecular weight excluding hydrogens is 230 g/mol. The minimum Gasteiger partial charge on any atom is -0.496 e. The van der Waals surface area contributed by atoms with Gasteiger partial charge in [0.25, 0.3) is 0 Å². The zero-order valence-electron chi connectivity index (χ0n) is 10.4. The lowest BCUT2D eigenvalue weighted by Crippen LogP contribution is -2.28. The topological polar surface area (TPSA) is 35.2 Å². The van der Waals surface area contributed by atoms with Crippen LogP contribution >= 0.6 is 11.8 Å². The van der Waals surface area contributed by atoms with Gasteiger partial charge in [-0.2, -0.15) is 0 Å². The molecule has 3 heteroatoms. The molecule has 1 saturated carbocycles. The Morgan fingerprint density at radius 1 is 1.29 bits per heavy atom. The number of nitrogens with two attached hydrogens (primary N) is 1. The van der Waals surface area contributed by atoms with Crippen LogP contribution in [-0.2, 0) is 0 Å². The maximum atomic E-state index is 5.87. The number of methoxy groups -OCH3 is 1. The fourth-order valence-electron chi connectivity index (χ4n) is 2.48. The standard InChI is InChI=1S/C14H21NOS/c1-16-12-7-3-5-9-14(12)17-13-8-4-2-6-11(13)10-15/h3,5,7,9,11,13H,2,4,6,8,10,15H2,1H3. The van der Waals surface area contributed by atoms with E-state index < -0.39 is 0 Å². The van der Waals surface area contributed by atoms with Crippen LogP contribution in [-0.4, -0.2) is 18.9 Å². The molecule has 94 valence electrons. The van der Waals surface area contributed by atoms with Crippen molar-refractivity contribution < 1.29 is 4.74 Å². The largest absolute Gasteiger partial charge is 0.496 e. The van der Waals surface area contributed by atoms with Crippen molar-refractivity contribution in [1.82, 2.24) is 0 Å². The van der Waals surface area contributed by atoms with Crippen LogP contribution in [0.1, 0.15) is 25.7 Å². The number of rotatable bonds is 4. The van der Waals surface area contributed by atoms with Crippen molar-refractivity contribution in [2.75, 3.05) is 13.7 Å². The summed E-state index contributed by atoms with van der Waals surface area (Å²) >= 11 is 1.94. The van der Waals surface area contributed by atoms with Crippen LogP contribution in [0, 0.1) is 5.92 Å². The molecule has 0 aromatic heterocycles. The molecule has 0 spiro atoms. The zero-order valence-corrected chi connectivity index (χ0v) is 11.2. The Kier molecular flexibility index (Phi) is 4.75. The van der Waals surface area contributed by atoms with Gasteiger partial charge in [-0.15, -0.1) is 11.8 Å². The molecule has 17 heavy (non-hydrogen) atoms. The highest BCUT2D eigenvalue weighted by Gasteiger charge is 2.25. The molecule has 2 rings (SSSR count). The molecule has 1 aromatic carbocycles. The maximum absolute atomic E-state index is 5.87. The van der Waals surface area contributed by atoms with Crippen molar-refractivity contribution in [1.29, 1.82) is 0 Å². The number of hydrogen-bond donors (Lipinski definition) is 1. The predicted molar refractivity (Wildman–Crippen MR) is 73.7 cm³/mol. The molecule has 0 heterocycles. The SMILES string of the molecule is COc1ccccc1SC1CCCCC1CN. The predicted octanol–water partition coefficient (Wildman–Crippen LogP) is 3.30. The first kappa shape index (κ1) is 12.8. The van der Waals surface area contributed by atoms with E-state index in [0.29, 0.717) is 11.2 Å². The van der Waals surface area contributed by atoms with Gasteiger partial charge in [0.2, 0.25) is 0 Å². The lowest BCUT2D eigenvalue weighted by atomic mass is 9.89. The second-order valence-corrected chi connectivity index (χ2v) is 5.87. The van der Waals surface area contributed by atoms with E-state index in [0.717, 1.165) is 12.3 Å². The van der Waals surface area contributed by atoms with Gasteiger partial charge in [0, 0.05) is 10.1 Å². The molecule has 1 aromatic rings. The van der Waals surface area contributed by atoms with Crippen molar-refractivity contribution in [3.63, 3.8) is 0 Å². The third-order valence-electron chi connectivity index (χ3n) is 3.49. The average molecular weight is 251 g/mol. The van der Waals surface area contributed by atoms with Crippen molar-refractivity contribution in [2.45, 2.75) is 35.8 Å². The van der Waals surface area contributed by atoms with Gasteiger partial charge in [-0.25, -0.2) is 0 Å². The molecule has 0 radical (unpaired) electrons. The first-order chi connectivity index (χ1) is 8.35. The number of hydrogen-bond acceptors (Lipinski definition) is 3. The lowest BCUT2D eigenvalue weighted by Gasteiger charge is -2.30. The molecule has 2 nitrogen and oxygen atoms in total. The van der Waals surface area contributed by atoms with Crippen LogP contribution in [0.25, 0.3) is 0 Å². The Bertz CT molecular complexity index is 356. The van der Waals surface area contributed by atoms with E-state index in [1.165, 1.54) is 30.6 Å². The third kappa shape index (κ3) is 3.17. The van der Waals surface area contributed by atoms with Crippen LogP contribution in [0.4, 0.5) is 0 Å². The Labute approximate surface area is 108 Å². The highest BCUT2D eigenvalue weighted by Crippen LogP contribution is 2.40. The minimum absolute atomic E-state index is 0.657. The van der Waals surface area contributed by atoms with E-state index in [2.05, 4.69) is 12.1 Å². The first-order valence-electron chi connectivity index (χ1n) is 6.35. The van der Waals surface area contributed by atoms with Gasteiger partial charge < -0.3 is 10.5 Å². The second kappa shape index (κ2) is 6.31. The first-order valence-corrected chi connectivity index (χ1v) is 7.23. The molecule has 2 N–H and O–H groups in total. The normalized spacial score (nSPS) is 24.6. The van der Waals surface area contributed by atoms with E-state index in [4.69, 9.17) is 10.5 Å². The van der Waals surface area contributed by atoms with Gasteiger partial charge in [-0.3, -0.25) is 0 Å². The summed E-state index contributed by atoms with van der Waals surface area (Å²) in [6, 6.07) is 8.27. The van der Waals surface area contributed by atoms with Crippen LogP contribution in [0.15, 0.2) is 29.2 Å². The molecular formula is C14H21NOS. The van der Waals surface area contributed by atoms with E-state index in [-0.39, 0.29) is 0 Å². The summed E-state index contributed by atoms with van der Waals surface area (Å²) in [5.41, 5.74) is 5.87. The van der Waals surface area contributed by atoms with E-state index >= 15 is 0 Å². The van der Waals surface area contributed by atoms with Gasteiger partial charge in [-0.1, -0.05) is 25.0 Å². The van der Waals surface area contributed by atoms with Crippen LogP contribution in [0.5, 0.6) is 5.75 Å². The smallest absolute Gasteiger partial charge is 0.132 e. The summed E-state index contributed by atoms with van der Waals surface area (Å²) in [5.74, 6) is 1.65. The highest BCUT2D eigenvalue weighted by atomic mass is 32.2. The van der Waals surface area contributed by atoms with E-state index in [1.54, 1.807) is 7.11 Å². The number of para-hydroxylation sites is 1. The highest BCUT2D eigenvalue weighted by molar-refractivity contribution is 8.00. The maximum Gasteiger partial charge on any atom is 0.132 e. The molecule has 2 unspecified atom stereocenters. The number of benzene rings is 1. The molecule has 1 aliphatic rings. The Hall–Kier alpha value is -0.670. The lowest BCUT2D eigenvalue weighted by molar-refractivity contribution is 0.376. The summed E-state index contributed by atoms with van der Waals surface area (Å²) in [6.07, 6.45) is 5.24. The van der Waals surface area contributed by atoms with E-state index in [9.17, 15) is 0 Å². The van der Waals surface area contributed by atoms with Gasteiger partial charge in [0.05, 0.1) is 7.11 Å². The summed E-state index contributed by atoms with van der Waals surface area (Å²) in [6.45, 7) is 0.812. The summed E-state index contributed by atoms with van der Waals surface area (Å²) in [5, 5.41) is 0.657. The summed E-state index contributed by atoms with van der Waals surface area (Å²) in [4.78, 5) is 1.25. The number of ether oxygens (including phenoxy) is 1. The Balaban J connectivity index is 2.08. The molecule has 0 saturated heterocycles. The Morgan fingerprint density at radius 2 is 2.06 bits per heavy atom. The molecule has 0 aliphatic heterocycles. The fourth-order valence-corrected chi connectivity index (χ4v) is 3.95. The molecule has 1 fully saturated rings. The second-order valence-electron chi connectivity index (χ2n) is 4.59. The van der Waals surface area contributed by atoms with Gasteiger partial charge in [0.15, 0.2) is 0 Å². The zero-order chi connectivity index (χ0) is 12.1. The third-order valence-corrected chi connectivity index (χ3v) is 5.00. The molecule has 0 bridgehead atoms. The van der Waals surface area contributed by atoms with Gasteiger partial charge >= 0.3 is 0 Å². The summed E-state index contributed by atoms with van der Waals surface area (Å²) in [7, 11) is 1.74. The van der Waals surface area contributed by atoms with Gasteiger partial charge in [0.1, 0.15) is 5.75 Å². The quantitative estimate of drug-likeness (QED) is 0.891. The van der Waals surface area contributed by atoms with Crippen LogP contribution < -0.4 is 10.5 Å². The monoisotopic (exact) mass is 251 g/mol. The van der Waals surface area contributed by atoms with Crippen molar-refractivity contribution in [3.05, 3.63) is 24.3 Å². The minimum atomic E-state index is 0.657. The summed E-state index contributed by atoms with van der Waals surface area (Å²) < 4.78 is 5.40. The number of thioether (sulfide) groups is 1. The molecule has 0 amide bonds. The van der Waals surface area contributed by atoms with Crippen molar-refractivity contribution in [2.24, 2.45) is 11.7 Å². The van der Waals surface area contributed by atoms with Crippen LogP contribution in [0.2, 0.25) is 0 Å². The van der Waals surface area contributed by atoms with Crippen molar-refractivity contribution >= 4 is 11.8 Å². The molecule has 2 atom stereocenters. The average Bonchev–Trinajstić information content (AvgIpc) is 2.40. The van der Waals surface area contributed by atoms with E-state index in [1.807, 2.05) is 23.9 Å². The van der Waals surface area contributed by atoms with Gasteiger partial charge in [-0.05, 0) is 37.4 Å². The Morgan fingerprint density at radius 3 is 2.82 bits per heavy atom. The van der Waals surface area contributed by atoms with Crippen LogP contribution in [0.3, 0.4) is 0 Å². The molecule has 1 aliphatic carbocycles.